The summed E-state index contributed by atoms with van der Waals surface area (Å²) in [6, 6.07) is 2.44. The lowest BCUT2D eigenvalue weighted by molar-refractivity contribution is 0.112. The molecule has 4 aromatic rings. The summed E-state index contributed by atoms with van der Waals surface area (Å²) in [6.07, 6.45) is 1.69. The number of nitrogens with one attached hydrogen (secondary N) is 1. The molecule has 7 rings (SSSR count). The van der Waals surface area contributed by atoms with Gasteiger partial charge in [0, 0.05) is 36.1 Å². The SMILES string of the molecule is [C-]#[N+]c1c(N)sc2c(F)ccc(-c3c(Cl)c4c5c(nc(O[C@@H](C)[C@@H]6CCCN6C)nc5c3F)N(C3CN(C(=O)NC(C)C)C3)CCO4)c12. The minimum Gasteiger partial charge on any atom is -0.489 e. The molecule has 0 saturated carbocycles. The van der Waals surface area contributed by atoms with Crippen LogP contribution in [0.4, 0.5) is 30.1 Å². The van der Waals surface area contributed by atoms with Gasteiger partial charge in [0.2, 0.25) is 5.69 Å². The highest BCUT2D eigenvalue weighted by molar-refractivity contribution is 7.23. The molecule has 2 aromatic heterocycles. The third kappa shape index (κ3) is 5.28. The van der Waals surface area contributed by atoms with Gasteiger partial charge in [0.1, 0.15) is 29.9 Å². The van der Waals surface area contributed by atoms with Crippen LogP contribution in [0, 0.1) is 18.2 Å². The molecular formula is C33H35ClF2N8O3S. The molecule has 0 aliphatic carbocycles. The van der Waals surface area contributed by atoms with Gasteiger partial charge in [-0.3, -0.25) is 4.90 Å². The lowest BCUT2D eigenvalue weighted by atomic mass is 9.97. The maximum Gasteiger partial charge on any atom is 0.319 e. The standard InChI is InChI=1S/C33H35ClF2N8O3S/c1-15(2)39-33(45)43-13-17(14-43)44-11-12-46-28-23-26(40-32(41-31(23)44)47-16(3)20-7-6-10-42(20)5)25(36)21(24(28)34)18-8-9-19(35)29-22(18)27(38-4)30(37)48-29/h8-9,15-17,20H,6-7,10-14,37H2,1-3,5H3,(H,39,45)/t16-,20-/m0/s1. The van der Waals surface area contributed by atoms with Crippen molar-refractivity contribution in [2.75, 3.05) is 50.5 Å². The second-order valence-electron chi connectivity index (χ2n) is 12.8. The fraction of sp³-hybridized carbons (Fsp3) is 0.455. The monoisotopic (exact) mass is 696 g/mol. The summed E-state index contributed by atoms with van der Waals surface area (Å²) in [6.45, 7) is 15.9. The number of aromatic nitrogens is 2. The van der Waals surface area contributed by atoms with Gasteiger partial charge in [-0.2, -0.15) is 9.97 Å². The van der Waals surface area contributed by atoms with Gasteiger partial charge in [-0.05, 0) is 58.8 Å². The van der Waals surface area contributed by atoms with E-state index in [4.69, 9.17) is 38.4 Å². The number of nitrogens with two attached hydrogens (primary N) is 1. The third-order valence-electron chi connectivity index (χ3n) is 9.38. The van der Waals surface area contributed by atoms with Crippen molar-refractivity contribution in [3.05, 3.63) is 40.2 Å². The second-order valence-corrected chi connectivity index (χ2v) is 14.3. The number of rotatable bonds is 6. The molecule has 2 fully saturated rings. The molecule has 252 valence electrons. The Morgan fingerprint density at radius 2 is 2.00 bits per heavy atom. The van der Waals surface area contributed by atoms with Crippen molar-refractivity contribution in [3.8, 4) is 22.9 Å². The molecule has 3 aliphatic heterocycles. The number of likely N-dealkylation sites (N-methyl/N-ethyl adjacent to an activating group) is 1. The predicted octanol–water partition coefficient (Wildman–Crippen LogP) is 6.44. The molecule has 2 saturated heterocycles. The lowest BCUT2D eigenvalue weighted by Crippen LogP contribution is -2.64. The number of amides is 2. The topological polar surface area (TPSA) is 113 Å². The summed E-state index contributed by atoms with van der Waals surface area (Å²) < 4.78 is 44.9. The smallest absolute Gasteiger partial charge is 0.319 e. The van der Waals surface area contributed by atoms with Crippen LogP contribution >= 0.6 is 22.9 Å². The Labute approximate surface area is 285 Å². The van der Waals surface area contributed by atoms with Gasteiger partial charge in [-0.15, -0.1) is 11.3 Å². The average molecular weight is 697 g/mol. The van der Waals surface area contributed by atoms with Crippen molar-refractivity contribution in [2.45, 2.75) is 57.8 Å². The summed E-state index contributed by atoms with van der Waals surface area (Å²) in [5.41, 5.74) is 6.16. The number of halogens is 3. The summed E-state index contributed by atoms with van der Waals surface area (Å²) in [4.78, 5) is 31.6. The number of anilines is 2. The Morgan fingerprint density at radius 3 is 2.69 bits per heavy atom. The van der Waals surface area contributed by atoms with E-state index >= 15 is 4.39 Å². The van der Waals surface area contributed by atoms with Crippen LogP contribution in [0.2, 0.25) is 5.02 Å². The van der Waals surface area contributed by atoms with E-state index < -0.39 is 11.6 Å². The number of nitrogen functional groups attached to an aromatic ring is 1. The van der Waals surface area contributed by atoms with E-state index in [0.717, 1.165) is 30.7 Å². The minimum absolute atomic E-state index is 0.00449. The van der Waals surface area contributed by atoms with Crippen LogP contribution < -0.4 is 25.4 Å². The third-order valence-corrected chi connectivity index (χ3v) is 10.8. The number of hydrogen-bond donors (Lipinski definition) is 2. The first-order valence-corrected chi connectivity index (χ1v) is 17.1. The van der Waals surface area contributed by atoms with Crippen molar-refractivity contribution < 1.29 is 23.0 Å². The fourth-order valence-corrected chi connectivity index (χ4v) is 8.27. The van der Waals surface area contributed by atoms with Gasteiger partial charge in [0.25, 0.3) is 0 Å². The maximum absolute atomic E-state index is 17.2. The number of nitrogens with zero attached hydrogens (tertiary/aromatic N) is 6. The molecule has 3 N–H and O–H groups in total. The quantitative estimate of drug-likeness (QED) is 0.222. The summed E-state index contributed by atoms with van der Waals surface area (Å²) in [5, 5.41) is 3.43. The molecule has 2 aromatic carbocycles. The molecule has 11 nitrogen and oxygen atoms in total. The van der Waals surface area contributed by atoms with Gasteiger partial charge in [0.15, 0.2) is 11.6 Å². The van der Waals surface area contributed by atoms with E-state index in [-0.39, 0.29) is 96.5 Å². The van der Waals surface area contributed by atoms with Gasteiger partial charge < -0.3 is 30.3 Å². The van der Waals surface area contributed by atoms with Gasteiger partial charge in [0.05, 0.1) is 39.3 Å². The molecule has 0 spiro atoms. The number of carbonyl (C=O) groups is 1. The minimum atomic E-state index is -0.788. The molecule has 0 bridgehead atoms. The van der Waals surface area contributed by atoms with Crippen LogP contribution in [0.3, 0.4) is 0 Å². The first-order chi connectivity index (χ1) is 23.0. The van der Waals surface area contributed by atoms with E-state index in [1.54, 1.807) is 4.90 Å². The Bertz CT molecular complexity index is 2000. The average Bonchev–Trinajstić information content (AvgIpc) is 3.54. The number of ether oxygens (including phenoxy) is 2. The zero-order valence-corrected chi connectivity index (χ0v) is 28.5. The summed E-state index contributed by atoms with van der Waals surface area (Å²) in [7, 11) is 2.04. The van der Waals surface area contributed by atoms with Crippen LogP contribution in [0.1, 0.15) is 33.6 Å². The molecular weight excluding hydrogens is 662 g/mol. The molecule has 0 unspecified atom stereocenters. The van der Waals surface area contributed by atoms with Crippen molar-refractivity contribution >= 4 is 66.5 Å². The van der Waals surface area contributed by atoms with Gasteiger partial charge in [-0.25, -0.2) is 18.4 Å². The number of carbonyl (C=O) groups excluding carboxylic acids is 1. The highest BCUT2D eigenvalue weighted by Crippen LogP contribution is 2.52. The van der Waals surface area contributed by atoms with Crippen LogP contribution in [0.25, 0.3) is 37.0 Å². The molecule has 5 heterocycles. The van der Waals surface area contributed by atoms with E-state index in [2.05, 4.69) is 20.0 Å². The zero-order valence-electron chi connectivity index (χ0n) is 26.9. The highest BCUT2D eigenvalue weighted by Gasteiger charge is 2.40. The number of benzene rings is 2. The molecule has 48 heavy (non-hydrogen) atoms. The van der Waals surface area contributed by atoms with E-state index in [1.807, 2.05) is 32.7 Å². The van der Waals surface area contributed by atoms with Crippen LogP contribution in [-0.2, 0) is 0 Å². The Morgan fingerprint density at radius 1 is 1.23 bits per heavy atom. The number of fused-ring (bicyclic) bond motifs is 1. The highest BCUT2D eigenvalue weighted by atomic mass is 35.5. The van der Waals surface area contributed by atoms with Crippen LogP contribution in [0.5, 0.6) is 11.8 Å². The normalized spacial score (nSPS) is 18.9. The van der Waals surface area contributed by atoms with E-state index in [0.29, 0.717) is 25.5 Å². The summed E-state index contributed by atoms with van der Waals surface area (Å²) >= 11 is 7.95. The predicted molar refractivity (Wildman–Crippen MR) is 184 cm³/mol. The van der Waals surface area contributed by atoms with Crippen molar-refractivity contribution in [1.82, 2.24) is 25.1 Å². The zero-order chi connectivity index (χ0) is 34.0. The number of thiophene rings is 1. The maximum atomic E-state index is 17.2. The number of likely N-dealkylation sites (tertiary alicyclic amines) is 2. The largest absolute Gasteiger partial charge is 0.489 e. The first-order valence-electron chi connectivity index (χ1n) is 15.9. The van der Waals surface area contributed by atoms with Gasteiger partial charge >= 0.3 is 12.0 Å². The molecule has 2 amide bonds. The Balaban J connectivity index is 1.40. The first kappa shape index (κ1) is 32.4. The Hall–Kier alpha value is -4.19. The molecule has 15 heteroatoms. The van der Waals surface area contributed by atoms with E-state index in [9.17, 15) is 9.18 Å². The van der Waals surface area contributed by atoms with E-state index in [1.165, 1.54) is 12.1 Å². The molecule has 3 aliphatic rings. The van der Waals surface area contributed by atoms with Gasteiger partial charge in [-0.1, -0.05) is 17.7 Å². The van der Waals surface area contributed by atoms with Crippen molar-refractivity contribution in [2.24, 2.45) is 0 Å². The fourth-order valence-electron chi connectivity index (χ4n) is 7.00. The van der Waals surface area contributed by atoms with Crippen molar-refractivity contribution in [3.63, 3.8) is 0 Å². The number of hydrogen-bond acceptors (Lipinski definition) is 9. The lowest BCUT2D eigenvalue weighted by Gasteiger charge is -2.45. The number of urea groups is 1. The second kappa shape index (κ2) is 12.4. The van der Waals surface area contributed by atoms with Crippen LogP contribution in [0.15, 0.2) is 12.1 Å². The van der Waals surface area contributed by atoms with Crippen LogP contribution in [-0.4, -0.2) is 89.9 Å². The summed E-state index contributed by atoms with van der Waals surface area (Å²) in [5.74, 6) is -0.801. The molecule has 0 radical (unpaired) electrons. The Kier molecular flexibility index (Phi) is 8.33. The molecule has 2 atom stereocenters. The van der Waals surface area contributed by atoms with Crippen molar-refractivity contribution in [1.29, 1.82) is 0 Å².